The van der Waals surface area contributed by atoms with E-state index >= 15 is 0 Å². The zero-order valence-corrected chi connectivity index (χ0v) is 22.4. The minimum Gasteiger partial charge on any atom is -0.464 e. The topological polar surface area (TPSA) is 120 Å². The first-order valence-corrected chi connectivity index (χ1v) is 14.2. The van der Waals surface area contributed by atoms with Crippen LogP contribution in [0.3, 0.4) is 0 Å². The van der Waals surface area contributed by atoms with E-state index in [-0.39, 0.29) is 25.7 Å². The first-order valence-electron chi connectivity index (χ1n) is 12.7. The first kappa shape index (κ1) is 28.9. The summed E-state index contributed by atoms with van der Waals surface area (Å²) in [6.45, 7) is 5.47. The zero-order chi connectivity index (χ0) is 26.8. The Morgan fingerprint density at radius 2 is 1.51 bits per heavy atom. The van der Waals surface area contributed by atoms with E-state index in [0.29, 0.717) is 12.8 Å². The van der Waals surface area contributed by atoms with Crippen LogP contribution in [0.4, 0.5) is 4.79 Å². The number of phosphoric acid groups is 1. The van der Waals surface area contributed by atoms with Crippen molar-refractivity contribution in [3.05, 3.63) is 59.7 Å². The van der Waals surface area contributed by atoms with E-state index in [9.17, 15) is 19.0 Å². The van der Waals surface area contributed by atoms with Gasteiger partial charge < -0.3 is 19.7 Å². The predicted octanol–water partition coefficient (Wildman–Crippen LogP) is 5.56. The number of hydrogen-bond acceptors (Lipinski definition) is 7. The molecule has 0 fully saturated rings. The molecule has 0 heterocycles. The van der Waals surface area contributed by atoms with Gasteiger partial charge in [-0.1, -0.05) is 75.2 Å². The number of nitrogens with one attached hydrogen (secondary N) is 1. The van der Waals surface area contributed by atoms with E-state index in [4.69, 9.17) is 18.5 Å². The van der Waals surface area contributed by atoms with Gasteiger partial charge in [0.1, 0.15) is 6.61 Å². The number of carbonyl (C=O) groups is 2. The summed E-state index contributed by atoms with van der Waals surface area (Å²) in [5.41, 5.74) is 4.28. The Bertz CT molecular complexity index is 1060. The van der Waals surface area contributed by atoms with Gasteiger partial charge in [0.05, 0.1) is 19.3 Å². The van der Waals surface area contributed by atoms with Gasteiger partial charge in [-0.25, -0.2) is 14.2 Å². The molecule has 2 N–H and O–H groups in total. The highest BCUT2D eigenvalue weighted by Crippen LogP contribution is 2.46. The highest BCUT2D eigenvalue weighted by Gasteiger charge is 2.36. The molecule has 10 heteroatoms. The number of phosphoric ester groups is 1. The molecule has 1 aliphatic carbocycles. The predicted molar refractivity (Wildman–Crippen MR) is 139 cm³/mol. The third-order valence-electron chi connectivity index (χ3n) is 6.13. The lowest BCUT2D eigenvalue weighted by Crippen LogP contribution is -2.49. The van der Waals surface area contributed by atoms with Gasteiger partial charge in [-0.15, -0.1) is 0 Å². The van der Waals surface area contributed by atoms with E-state index in [1.807, 2.05) is 62.4 Å². The number of amides is 1. The van der Waals surface area contributed by atoms with Crippen molar-refractivity contribution in [2.75, 3.05) is 19.8 Å². The zero-order valence-electron chi connectivity index (χ0n) is 21.6. The Labute approximate surface area is 218 Å². The average Bonchev–Trinajstić information content (AvgIpc) is 3.19. The van der Waals surface area contributed by atoms with Crippen molar-refractivity contribution in [1.29, 1.82) is 0 Å². The van der Waals surface area contributed by atoms with Gasteiger partial charge >= 0.3 is 19.9 Å². The van der Waals surface area contributed by atoms with Gasteiger partial charge in [0, 0.05) is 5.92 Å². The smallest absolute Gasteiger partial charge is 0.464 e. The van der Waals surface area contributed by atoms with Crippen LogP contribution >= 0.6 is 7.82 Å². The molecule has 2 aromatic carbocycles. The quantitative estimate of drug-likeness (QED) is 0.184. The average molecular weight is 534 g/mol. The van der Waals surface area contributed by atoms with Crippen LogP contribution in [0.15, 0.2) is 48.5 Å². The number of benzene rings is 2. The van der Waals surface area contributed by atoms with Crippen LogP contribution in [0.2, 0.25) is 0 Å². The van der Waals surface area contributed by atoms with Crippen molar-refractivity contribution < 1.29 is 37.6 Å². The van der Waals surface area contributed by atoms with Crippen molar-refractivity contribution in [3.8, 4) is 11.1 Å². The molecule has 37 heavy (non-hydrogen) atoms. The summed E-state index contributed by atoms with van der Waals surface area (Å²) in [7, 11) is -4.45. The molecule has 0 radical (unpaired) electrons. The number of hydrogen-bond donors (Lipinski definition) is 2. The number of esters is 1. The molecular formula is C27H36NO8P. The normalized spacial score (nSPS) is 15.7. The Balaban J connectivity index is 1.67. The summed E-state index contributed by atoms with van der Waals surface area (Å²) in [5, 5.41) is 2.46. The second-order valence-electron chi connectivity index (χ2n) is 8.93. The lowest BCUT2D eigenvalue weighted by Gasteiger charge is -2.25. The minimum atomic E-state index is -4.45. The SMILES string of the molecule is CCCCOC(=O)[C@@H](NC(=O)OCC1c2ccccc2-c2ccccc21)[C@@H](C)OP(=O)(O)OCCCC. The molecule has 9 nitrogen and oxygen atoms in total. The van der Waals surface area contributed by atoms with Crippen LogP contribution in [0.25, 0.3) is 11.1 Å². The summed E-state index contributed by atoms with van der Waals surface area (Å²) in [4.78, 5) is 35.6. The molecule has 1 amide bonds. The van der Waals surface area contributed by atoms with Crippen molar-refractivity contribution in [3.63, 3.8) is 0 Å². The second-order valence-corrected chi connectivity index (χ2v) is 10.3. The maximum atomic E-state index is 12.8. The van der Waals surface area contributed by atoms with Crippen molar-refractivity contribution in [1.82, 2.24) is 5.32 Å². The highest BCUT2D eigenvalue weighted by molar-refractivity contribution is 7.47. The fourth-order valence-electron chi connectivity index (χ4n) is 4.17. The minimum absolute atomic E-state index is 0.0302. The van der Waals surface area contributed by atoms with E-state index in [0.717, 1.165) is 35.1 Å². The fraction of sp³-hybridized carbons (Fsp3) is 0.481. The Morgan fingerprint density at radius 3 is 2.11 bits per heavy atom. The van der Waals surface area contributed by atoms with E-state index in [1.54, 1.807) is 0 Å². The Morgan fingerprint density at radius 1 is 0.946 bits per heavy atom. The summed E-state index contributed by atoms with van der Waals surface area (Å²) in [6, 6.07) is 14.5. The van der Waals surface area contributed by atoms with Crippen molar-refractivity contribution >= 4 is 19.9 Å². The van der Waals surface area contributed by atoms with Crippen LogP contribution < -0.4 is 5.32 Å². The van der Waals surface area contributed by atoms with Gasteiger partial charge in [-0.2, -0.15) is 0 Å². The fourth-order valence-corrected chi connectivity index (χ4v) is 5.13. The maximum Gasteiger partial charge on any atom is 0.472 e. The number of alkyl carbamates (subject to hydrolysis) is 1. The van der Waals surface area contributed by atoms with Crippen LogP contribution in [-0.4, -0.2) is 48.9 Å². The molecule has 0 saturated carbocycles. The van der Waals surface area contributed by atoms with E-state index < -0.39 is 32.0 Å². The number of unbranched alkanes of at least 4 members (excludes halogenated alkanes) is 2. The van der Waals surface area contributed by atoms with Crippen LogP contribution in [0.1, 0.15) is 63.5 Å². The first-order chi connectivity index (χ1) is 17.8. The van der Waals surface area contributed by atoms with Gasteiger partial charge in [-0.3, -0.25) is 9.05 Å². The number of fused-ring (bicyclic) bond motifs is 3. The highest BCUT2D eigenvalue weighted by atomic mass is 31.2. The Hall–Kier alpha value is -2.71. The summed E-state index contributed by atoms with van der Waals surface area (Å²) in [6.07, 6.45) is 0.702. The van der Waals surface area contributed by atoms with E-state index in [2.05, 4.69) is 5.32 Å². The molecule has 3 atom stereocenters. The molecule has 0 saturated heterocycles. The molecule has 3 rings (SSSR count). The van der Waals surface area contributed by atoms with Crippen LogP contribution in [0, 0.1) is 0 Å². The van der Waals surface area contributed by atoms with Crippen molar-refractivity contribution in [2.24, 2.45) is 0 Å². The molecule has 1 aliphatic rings. The second kappa shape index (κ2) is 13.7. The summed E-state index contributed by atoms with van der Waals surface area (Å²) < 4.78 is 33.2. The number of ether oxygens (including phenoxy) is 2. The van der Waals surface area contributed by atoms with E-state index in [1.165, 1.54) is 6.92 Å². The molecular weight excluding hydrogens is 497 g/mol. The van der Waals surface area contributed by atoms with Gasteiger partial charge in [0.25, 0.3) is 0 Å². The standard InChI is InChI=1S/C27H36NO8P/c1-4-6-16-33-26(29)25(19(3)36-37(31,32)35-17-7-5-2)28-27(30)34-18-24-22-14-10-8-12-20(22)21-13-9-11-15-23(21)24/h8-15,19,24-25H,4-7,16-18H2,1-3H3,(H,28,30)(H,31,32)/t19-,25+/m1/s1. The monoisotopic (exact) mass is 533 g/mol. The largest absolute Gasteiger partial charge is 0.472 e. The van der Waals surface area contributed by atoms with Crippen LogP contribution in [-0.2, 0) is 27.9 Å². The number of rotatable bonds is 14. The lowest BCUT2D eigenvalue weighted by molar-refractivity contribution is -0.148. The Kier molecular flexibility index (Phi) is 10.7. The summed E-state index contributed by atoms with van der Waals surface area (Å²) >= 11 is 0. The van der Waals surface area contributed by atoms with Crippen molar-refractivity contribution in [2.45, 2.75) is 64.5 Å². The molecule has 202 valence electrons. The van der Waals surface area contributed by atoms with Gasteiger partial charge in [0.15, 0.2) is 6.04 Å². The molecule has 0 aromatic heterocycles. The van der Waals surface area contributed by atoms with Gasteiger partial charge in [-0.05, 0) is 42.0 Å². The third-order valence-corrected chi connectivity index (χ3v) is 7.24. The number of carbonyl (C=O) groups excluding carboxylic acids is 2. The maximum absolute atomic E-state index is 12.8. The summed E-state index contributed by atoms with van der Waals surface area (Å²) in [5.74, 6) is -0.950. The third kappa shape index (κ3) is 7.89. The molecule has 0 spiro atoms. The van der Waals surface area contributed by atoms with Gasteiger partial charge in [0.2, 0.25) is 0 Å². The molecule has 1 unspecified atom stereocenters. The van der Waals surface area contributed by atoms with Crippen LogP contribution in [0.5, 0.6) is 0 Å². The lowest BCUT2D eigenvalue weighted by atomic mass is 9.98. The molecule has 0 aliphatic heterocycles. The molecule has 2 aromatic rings. The molecule has 0 bridgehead atoms.